The maximum absolute atomic E-state index is 8.66. The molecule has 0 aliphatic carbocycles. The fraction of sp³-hybridized carbons (Fsp3) is 0.667. The standard InChI is InChI=1S/C12H22N4O/c1-10-14-7-9-16(10)8-5-4-6-12(2,3)11(13)15-17/h7,9,17H,4-6,8H2,1-3H3,(H2,13,15). The van der Waals surface area contributed by atoms with Gasteiger partial charge in [0, 0.05) is 24.4 Å². The van der Waals surface area contributed by atoms with Crippen LogP contribution in [0.5, 0.6) is 0 Å². The quantitative estimate of drug-likeness (QED) is 0.262. The van der Waals surface area contributed by atoms with E-state index in [0.29, 0.717) is 5.84 Å². The molecular weight excluding hydrogens is 216 g/mol. The molecule has 1 aromatic rings. The van der Waals surface area contributed by atoms with Gasteiger partial charge in [0.05, 0.1) is 0 Å². The molecule has 5 nitrogen and oxygen atoms in total. The van der Waals surface area contributed by atoms with Gasteiger partial charge in [-0.25, -0.2) is 4.98 Å². The van der Waals surface area contributed by atoms with Gasteiger partial charge in [0.2, 0.25) is 0 Å². The van der Waals surface area contributed by atoms with Crippen LogP contribution in [-0.4, -0.2) is 20.6 Å². The molecule has 0 bridgehead atoms. The van der Waals surface area contributed by atoms with Gasteiger partial charge in [-0.1, -0.05) is 25.4 Å². The smallest absolute Gasteiger partial charge is 0.144 e. The molecule has 0 radical (unpaired) electrons. The monoisotopic (exact) mass is 238 g/mol. The third kappa shape index (κ3) is 3.76. The minimum atomic E-state index is -0.237. The van der Waals surface area contributed by atoms with Crippen LogP contribution in [0.25, 0.3) is 0 Å². The van der Waals surface area contributed by atoms with E-state index in [1.165, 1.54) is 0 Å². The predicted molar refractivity (Wildman–Crippen MR) is 68.0 cm³/mol. The van der Waals surface area contributed by atoms with E-state index in [2.05, 4.69) is 14.7 Å². The van der Waals surface area contributed by atoms with Gasteiger partial charge >= 0.3 is 0 Å². The van der Waals surface area contributed by atoms with Crippen molar-refractivity contribution in [2.24, 2.45) is 16.3 Å². The summed E-state index contributed by atoms with van der Waals surface area (Å²) in [4.78, 5) is 4.18. The number of hydrogen-bond donors (Lipinski definition) is 2. The zero-order valence-electron chi connectivity index (χ0n) is 10.8. The maximum Gasteiger partial charge on any atom is 0.144 e. The molecule has 0 fully saturated rings. The molecule has 0 spiro atoms. The minimum absolute atomic E-state index is 0.237. The Balaban J connectivity index is 2.32. The number of imidazole rings is 1. The lowest BCUT2D eigenvalue weighted by Gasteiger charge is -2.22. The van der Waals surface area contributed by atoms with E-state index in [1.54, 1.807) is 0 Å². The lowest BCUT2D eigenvalue weighted by Crippen LogP contribution is -2.31. The molecule has 0 aliphatic heterocycles. The van der Waals surface area contributed by atoms with E-state index in [0.717, 1.165) is 31.6 Å². The van der Waals surface area contributed by atoms with Crippen molar-refractivity contribution < 1.29 is 5.21 Å². The third-order valence-electron chi connectivity index (χ3n) is 3.18. The predicted octanol–water partition coefficient (Wildman–Crippen LogP) is 2.13. The van der Waals surface area contributed by atoms with Crippen LogP contribution in [0, 0.1) is 12.3 Å². The molecule has 17 heavy (non-hydrogen) atoms. The van der Waals surface area contributed by atoms with Crippen LogP contribution in [-0.2, 0) is 6.54 Å². The first-order valence-corrected chi connectivity index (χ1v) is 5.93. The Kier molecular flexibility index (Phi) is 4.54. The molecule has 0 unspecified atom stereocenters. The fourth-order valence-electron chi connectivity index (χ4n) is 1.75. The van der Waals surface area contributed by atoms with Crippen LogP contribution >= 0.6 is 0 Å². The second-order valence-corrected chi connectivity index (χ2v) is 4.99. The number of rotatable bonds is 6. The Morgan fingerprint density at radius 1 is 1.53 bits per heavy atom. The largest absolute Gasteiger partial charge is 0.409 e. The number of unbranched alkanes of at least 4 members (excludes halogenated alkanes) is 1. The van der Waals surface area contributed by atoms with Gasteiger partial charge in [0.1, 0.15) is 11.7 Å². The van der Waals surface area contributed by atoms with E-state index in [1.807, 2.05) is 33.2 Å². The Hall–Kier alpha value is -1.52. The minimum Gasteiger partial charge on any atom is -0.409 e. The fourth-order valence-corrected chi connectivity index (χ4v) is 1.75. The van der Waals surface area contributed by atoms with Gasteiger partial charge in [-0.3, -0.25) is 0 Å². The Morgan fingerprint density at radius 3 is 2.76 bits per heavy atom. The Labute approximate surface area is 102 Å². The second-order valence-electron chi connectivity index (χ2n) is 4.99. The highest BCUT2D eigenvalue weighted by Gasteiger charge is 2.22. The van der Waals surface area contributed by atoms with Gasteiger partial charge in [0.25, 0.3) is 0 Å². The molecule has 5 heteroatoms. The highest BCUT2D eigenvalue weighted by Crippen LogP contribution is 2.23. The van der Waals surface area contributed by atoms with Crippen molar-refractivity contribution in [2.45, 2.75) is 46.6 Å². The van der Waals surface area contributed by atoms with Gasteiger partial charge in [-0.05, 0) is 19.8 Å². The molecule has 1 aromatic heterocycles. The van der Waals surface area contributed by atoms with Crippen molar-refractivity contribution >= 4 is 5.84 Å². The summed E-state index contributed by atoms with van der Waals surface area (Å²) in [6.45, 7) is 6.95. The summed E-state index contributed by atoms with van der Waals surface area (Å²) in [5.41, 5.74) is 5.40. The van der Waals surface area contributed by atoms with Crippen molar-refractivity contribution in [3.8, 4) is 0 Å². The number of aromatic nitrogens is 2. The summed E-state index contributed by atoms with van der Waals surface area (Å²) < 4.78 is 2.14. The van der Waals surface area contributed by atoms with Crippen LogP contribution in [0.15, 0.2) is 17.5 Å². The number of nitrogens with zero attached hydrogens (tertiary/aromatic N) is 3. The molecule has 0 amide bonds. The first-order valence-electron chi connectivity index (χ1n) is 5.93. The van der Waals surface area contributed by atoms with Crippen LogP contribution < -0.4 is 5.73 Å². The molecule has 0 saturated carbocycles. The molecule has 96 valence electrons. The van der Waals surface area contributed by atoms with Crippen LogP contribution in [0.4, 0.5) is 0 Å². The molecule has 0 saturated heterocycles. The summed E-state index contributed by atoms with van der Waals surface area (Å²) in [6, 6.07) is 0. The molecule has 3 N–H and O–H groups in total. The number of amidine groups is 1. The third-order valence-corrected chi connectivity index (χ3v) is 3.18. The lowest BCUT2D eigenvalue weighted by atomic mass is 9.86. The highest BCUT2D eigenvalue weighted by atomic mass is 16.4. The number of aryl methyl sites for hydroxylation is 2. The summed E-state index contributed by atoms with van der Waals surface area (Å²) in [5.74, 6) is 1.34. The molecule has 1 heterocycles. The maximum atomic E-state index is 8.66. The summed E-state index contributed by atoms with van der Waals surface area (Å²) in [7, 11) is 0. The first kappa shape index (κ1) is 13.5. The average Bonchev–Trinajstić information content (AvgIpc) is 2.69. The van der Waals surface area contributed by atoms with Crippen molar-refractivity contribution in [2.75, 3.05) is 0 Å². The summed E-state index contributed by atoms with van der Waals surface area (Å²) in [6.07, 6.45) is 6.83. The van der Waals surface area contributed by atoms with E-state index in [4.69, 9.17) is 10.9 Å². The van der Waals surface area contributed by atoms with Crippen molar-refractivity contribution in [1.82, 2.24) is 9.55 Å². The van der Waals surface area contributed by atoms with Gasteiger partial charge in [0.15, 0.2) is 0 Å². The number of hydrogen-bond acceptors (Lipinski definition) is 3. The van der Waals surface area contributed by atoms with Gasteiger partial charge in [-0.15, -0.1) is 0 Å². The molecule has 0 atom stereocenters. The van der Waals surface area contributed by atoms with Crippen molar-refractivity contribution in [3.05, 3.63) is 18.2 Å². The highest BCUT2D eigenvalue weighted by molar-refractivity contribution is 5.85. The molecule has 0 aliphatic rings. The van der Waals surface area contributed by atoms with E-state index in [9.17, 15) is 0 Å². The Bertz CT molecular complexity index is 382. The normalized spacial score (nSPS) is 13.0. The second kappa shape index (κ2) is 5.70. The zero-order valence-corrected chi connectivity index (χ0v) is 10.8. The lowest BCUT2D eigenvalue weighted by molar-refractivity contribution is 0.304. The van der Waals surface area contributed by atoms with Crippen molar-refractivity contribution in [3.63, 3.8) is 0 Å². The summed E-state index contributed by atoms with van der Waals surface area (Å²) >= 11 is 0. The van der Waals surface area contributed by atoms with Crippen LogP contribution in [0.2, 0.25) is 0 Å². The van der Waals surface area contributed by atoms with Crippen LogP contribution in [0.1, 0.15) is 38.9 Å². The first-order chi connectivity index (χ1) is 7.97. The number of nitrogens with two attached hydrogens (primary N) is 1. The topological polar surface area (TPSA) is 76.4 Å². The Morgan fingerprint density at radius 2 is 2.24 bits per heavy atom. The number of oxime groups is 1. The average molecular weight is 238 g/mol. The molecular formula is C12H22N4O. The molecule has 1 rings (SSSR count). The van der Waals surface area contributed by atoms with E-state index in [-0.39, 0.29) is 5.41 Å². The van der Waals surface area contributed by atoms with E-state index >= 15 is 0 Å². The van der Waals surface area contributed by atoms with Crippen molar-refractivity contribution in [1.29, 1.82) is 0 Å². The van der Waals surface area contributed by atoms with Crippen LogP contribution in [0.3, 0.4) is 0 Å². The zero-order chi connectivity index (χ0) is 12.9. The molecule has 0 aromatic carbocycles. The van der Waals surface area contributed by atoms with E-state index < -0.39 is 0 Å². The summed E-state index contributed by atoms with van der Waals surface area (Å²) in [5, 5.41) is 11.7. The van der Waals surface area contributed by atoms with Gasteiger partial charge < -0.3 is 15.5 Å². The van der Waals surface area contributed by atoms with Gasteiger partial charge in [-0.2, -0.15) is 0 Å². The SMILES string of the molecule is Cc1nccn1CCCCC(C)(C)/C(N)=N/O.